The molecule has 0 saturated carbocycles. The molecule has 2 aromatic rings. The number of aromatic amines is 1. The van der Waals surface area contributed by atoms with Crippen molar-refractivity contribution in [3.63, 3.8) is 0 Å². The van der Waals surface area contributed by atoms with Gasteiger partial charge in [0.15, 0.2) is 5.82 Å². The van der Waals surface area contributed by atoms with Crippen LogP contribution in [0.2, 0.25) is 0 Å². The Morgan fingerprint density at radius 2 is 2.36 bits per heavy atom. The highest BCUT2D eigenvalue weighted by Gasteiger charge is 2.04. The summed E-state index contributed by atoms with van der Waals surface area (Å²) in [7, 11) is 0. The molecule has 0 unspecified atom stereocenters. The third kappa shape index (κ3) is 1.58. The van der Waals surface area contributed by atoms with Crippen molar-refractivity contribution in [2.75, 3.05) is 5.32 Å². The topological polar surface area (TPSA) is 83.6 Å². The molecule has 2 rings (SSSR count). The van der Waals surface area contributed by atoms with Gasteiger partial charge in [-0.25, -0.2) is 0 Å². The van der Waals surface area contributed by atoms with E-state index in [-0.39, 0.29) is 5.95 Å². The fraction of sp³-hybridized carbons (Fsp3) is 0. The van der Waals surface area contributed by atoms with Crippen LogP contribution in [0.3, 0.4) is 0 Å². The fourth-order valence-corrected chi connectivity index (χ4v) is 0.996. The normalized spacial score (nSPS) is 9.71. The van der Waals surface area contributed by atoms with Crippen molar-refractivity contribution < 1.29 is 4.79 Å². The van der Waals surface area contributed by atoms with E-state index in [2.05, 4.69) is 25.5 Å². The van der Waals surface area contributed by atoms with Crippen LogP contribution >= 0.6 is 0 Å². The second kappa shape index (κ2) is 3.65. The summed E-state index contributed by atoms with van der Waals surface area (Å²) in [6.07, 6.45) is 2.18. The Morgan fingerprint density at radius 1 is 1.43 bits per heavy atom. The number of hydrogen-bond donors (Lipinski definition) is 2. The first kappa shape index (κ1) is 8.36. The molecule has 0 radical (unpaired) electrons. The lowest BCUT2D eigenvalue weighted by Crippen LogP contribution is -1.95. The van der Waals surface area contributed by atoms with E-state index >= 15 is 0 Å². The van der Waals surface area contributed by atoms with Gasteiger partial charge in [-0.15, -0.1) is 5.10 Å². The van der Waals surface area contributed by atoms with E-state index < -0.39 is 0 Å². The zero-order chi connectivity index (χ0) is 9.80. The van der Waals surface area contributed by atoms with Crippen LogP contribution in [0.15, 0.2) is 24.4 Å². The predicted molar refractivity (Wildman–Crippen MR) is 49.3 cm³/mol. The predicted octanol–water partition coefficient (Wildman–Crippen LogP) is 0.435. The van der Waals surface area contributed by atoms with Gasteiger partial charge in [-0.3, -0.25) is 20.2 Å². The number of aromatic nitrogens is 4. The molecule has 6 heteroatoms. The minimum absolute atomic E-state index is 0.237. The molecule has 0 spiro atoms. The smallest absolute Gasteiger partial charge is 0.248 e. The van der Waals surface area contributed by atoms with Gasteiger partial charge in [-0.1, -0.05) is 6.07 Å². The summed E-state index contributed by atoms with van der Waals surface area (Å²) in [6.45, 7) is 0. The summed E-state index contributed by atoms with van der Waals surface area (Å²) < 4.78 is 0. The summed E-state index contributed by atoms with van der Waals surface area (Å²) in [5.41, 5.74) is 0.680. The number of hydrogen-bond acceptors (Lipinski definition) is 4. The van der Waals surface area contributed by atoms with Crippen molar-refractivity contribution in [1.29, 1.82) is 0 Å². The number of nitrogens with one attached hydrogen (secondary N) is 2. The van der Waals surface area contributed by atoms with Crippen LogP contribution in [0.4, 0.5) is 5.95 Å². The molecule has 70 valence electrons. The van der Waals surface area contributed by atoms with Crippen molar-refractivity contribution in [2.45, 2.75) is 0 Å². The highest BCUT2D eigenvalue weighted by atomic mass is 16.1. The van der Waals surface area contributed by atoms with Crippen molar-refractivity contribution in [1.82, 2.24) is 20.2 Å². The quantitative estimate of drug-likeness (QED) is 0.686. The van der Waals surface area contributed by atoms with E-state index in [1.165, 1.54) is 0 Å². The summed E-state index contributed by atoms with van der Waals surface area (Å²) in [5.74, 6) is 0.760. The van der Waals surface area contributed by atoms with Gasteiger partial charge >= 0.3 is 0 Å². The average Bonchev–Trinajstić information content (AvgIpc) is 2.68. The van der Waals surface area contributed by atoms with Crippen LogP contribution in [0.5, 0.6) is 0 Å². The van der Waals surface area contributed by atoms with Gasteiger partial charge in [0.25, 0.3) is 0 Å². The van der Waals surface area contributed by atoms with Gasteiger partial charge in [0, 0.05) is 6.20 Å². The van der Waals surface area contributed by atoms with Gasteiger partial charge in [-0.05, 0) is 12.1 Å². The van der Waals surface area contributed by atoms with Crippen molar-refractivity contribution in [3.8, 4) is 11.5 Å². The molecule has 0 bridgehead atoms. The van der Waals surface area contributed by atoms with E-state index in [1.54, 1.807) is 12.3 Å². The number of amides is 1. The Bertz CT molecular complexity index is 424. The minimum atomic E-state index is 0.237. The highest BCUT2D eigenvalue weighted by molar-refractivity contribution is 5.67. The number of pyridine rings is 1. The molecule has 2 aromatic heterocycles. The Kier molecular flexibility index (Phi) is 2.18. The molecule has 2 heterocycles. The Hall–Kier alpha value is -2.24. The molecular weight excluding hydrogens is 182 g/mol. The second-order valence-electron chi connectivity index (χ2n) is 2.48. The standard InChI is InChI=1S/C8H7N5O/c14-5-10-8-11-7(12-13-8)6-3-1-2-4-9-6/h1-5H,(H2,10,11,12,13,14). The molecule has 0 fully saturated rings. The van der Waals surface area contributed by atoms with E-state index in [9.17, 15) is 4.79 Å². The molecule has 0 aliphatic heterocycles. The molecule has 14 heavy (non-hydrogen) atoms. The molecular formula is C8H7N5O. The van der Waals surface area contributed by atoms with Crippen LogP contribution in [0.1, 0.15) is 0 Å². The van der Waals surface area contributed by atoms with Crippen molar-refractivity contribution in [3.05, 3.63) is 24.4 Å². The molecule has 6 nitrogen and oxygen atoms in total. The minimum Gasteiger partial charge on any atom is -0.296 e. The lowest BCUT2D eigenvalue weighted by Gasteiger charge is -1.91. The van der Waals surface area contributed by atoms with Crippen molar-refractivity contribution in [2.24, 2.45) is 0 Å². The molecule has 0 saturated heterocycles. The highest BCUT2D eigenvalue weighted by Crippen LogP contribution is 2.11. The van der Waals surface area contributed by atoms with Gasteiger partial charge in [-0.2, -0.15) is 4.98 Å². The lowest BCUT2D eigenvalue weighted by atomic mass is 10.3. The molecule has 0 atom stereocenters. The number of carbonyl (C=O) groups excluding carboxylic acids is 1. The summed E-state index contributed by atoms with van der Waals surface area (Å²) in [5, 5.41) is 8.76. The zero-order valence-electron chi connectivity index (χ0n) is 7.14. The Morgan fingerprint density at radius 3 is 3.07 bits per heavy atom. The number of rotatable bonds is 3. The molecule has 2 N–H and O–H groups in total. The molecule has 0 aliphatic carbocycles. The Balaban J connectivity index is 2.29. The summed E-state index contributed by atoms with van der Waals surface area (Å²) >= 11 is 0. The van der Waals surface area contributed by atoms with E-state index in [1.807, 2.05) is 12.1 Å². The first-order chi connectivity index (χ1) is 6.90. The van der Waals surface area contributed by atoms with Crippen LogP contribution in [0.25, 0.3) is 11.5 Å². The summed E-state index contributed by atoms with van der Waals surface area (Å²) in [6, 6.07) is 5.45. The SMILES string of the molecule is O=CNc1n[nH]c(-c2ccccn2)n1. The monoisotopic (exact) mass is 189 g/mol. The van der Waals surface area contributed by atoms with Crippen LogP contribution in [0, 0.1) is 0 Å². The van der Waals surface area contributed by atoms with Crippen LogP contribution in [-0.4, -0.2) is 26.6 Å². The van der Waals surface area contributed by atoms with E-state index in [4.69, 9.17) is 0 Å². The third-order valence-electron chi connectivity index (χ3n) is 1.58. The number of nitrogens with zero attached hydrogens (tertiary/aromatic N) is 3. The maximum absolute atomic E-state index is 10.1. The van der Waals surface area contributed by atoms with Crippen LogP contribution in [-0.2, 0) is 4.79 Å². The molecule has 1 amide bonds. The van der Waals surface area contributed by atoms with Gasteiger partial charge in [0.05, 0.1) is 0 Å². The first-order valence-corrected chi connectivity index (χ1v) is 3.94. The van der Waals surface area contributed by atoms with E-state index in [0.717, 1.165) is 0 Å². The van der Waals surface area contributed by atoms with Gasteiger partial charge in [0.2, 0.25) is 12.4 Å². The third-order valence-corrected chi connectivity index (χ3v) is 1.58. The van der Waals surface area contributed by atoms with Crippen molar-refractivity contribution >= 4 is 12.4 Å². The average molecular weight is 189 g/mol. The maximum atomic E-state index is 10.1. The van der Waals surface area contributed by atoms with Gasteiger partial charge in [0.1, 0.15) is 5.69 Å². The Labute approximate surface area is 79.4 Å². The number of carbonyl (C=O) groups is 1. The lowest BCUT2D eigenvalue weighted by molar-refractivity contribution is -0.105. The number of H-pyrrole nitrogens is 1. The fourth-order valence-electron chi connectivity index (χ4n) is 0.996. The maximum Gasteiger partial charge on any atom is 0.248 e. The van der Waals surface area contributed by atoms with Gasteiger partial charge < -0.3 is 0 Å². The zero-order valence-corrected chi connectivity index (χ0v) is 7.14. The molecule has 0 aliphatic rings. The molecule has 0 aromatic carbocycles. The summed E-state index contributed by atoms with van der Waals surface area (Å²) in [4.78, 5) is 18.2. The first-order valence-electron chi connectivity index (χ1n) is 3.94. The second-order valence-corrected chi connectivity index (χ2v) is 2.48. The van der Waals surface area contributed by atoms with Crippen LogP contribution < -0.4 is 5.32 Å². The largest absolute Gasteiger partial charge is 0.296 e. The van der Waals surface area contributed by atoms with E-state index in [0.29, 0.717) is 17.9 Å². The number of anilines is 1.